The normalized spacial score (nSPS) is 13.8. The Bertz CT molecular complexity index is 787. The Kier molecular flexibility index (Phi) is 4.28. The van der Waals surface area contributed by atoms with Crippen molar-refractivity contribution in [2.75, 3.05) is 23.3 Å². The second-order valence-corrected chi connectivity index (χ2v) is 5.59. The lowest BCUT2D eigenvalue weighted by Gasteiger charge is -2.18. The van der Waals surface area contributed by atoms with Crippen molar-refractivity contribution in [3.8, 4) is 0 Å². The zero-order valence-corrected chi connectivity index (χ0v) is 12.8. The van der Waals surface area contributed by atoms with Gasteiger partial charge < -0.3 is 10.2 Å². The zero-order valence-electron chi connectivity index (χ0n) is 12.8. The Morgan fingerprint density at radius 3 is 2.38 bits per heavy atom. The average molecular weight is 328 g/mol. The summed E-state index contributed by atoms with van der Waals surface area (Å²) in [5.74, 6) is 0. The van der Waals surface area contributed by atoms with E-state index in [-0.39, 0.29) is 17.1 Å². The van der Waals surface area contributed by atoms with Crippen LogP contribution >= 0.6 is 0 Å². The van der Waals surface area contributed by atoms with Crippen LogP contribution < -0.4 is 10.2 Å². The Morgan fingerprint density at radius 2 is 1.71 bits per heavy atom. The van der Waals surface area contributed by atoms with E-state index >= 15 is 0 Å². The minimum Gasteiger partial charge on any atom is -0.371 e. The summed E-state index contributed by atoms with van der Waals surface area (Å²) in [6.45, 7) is 2.00. The van der Waals surface area contributed by atoms with Gasteiger partial charge in [0.25, 0.3) is 11.4 Å². The summed E-state index contributed by atoms with van der Waals surface area (Å²) in [5, 5.41) is 25.0. The molecule has 0 unspecified atom stereocenters. The monoisotopic (exact) mass is 328 g/mol. The molecular formula is C16H16N4O4. The molecule has 1 N–H and O–H groups in total. The lowest BCUT2D eigenvalue weighted by molar-refractivity contribution is -0.393. The number of nitrogens with zero attached hydrogens (tertiary/aromatic N) is 3. The van der Waals surface area contributed by atoms with Gasteiger partial charge in [0.2, 0.25) is 0 Å². The highest BCUT2D eigenvalue weighted by atomic mass is 16.6. The summed E-state index contributed by atoms with van der Waals surface area (Å²) < 4.78 is 0. The molecule has 1 aliphatic heterocycles. The highest BCUT2D eigenvalue weighted by Gasteiger charge is 2.20. The first-order chi connectivity index (χ1) is 11.5. The number of rotatable bonds is 5. The SMILES string of the molecule is O=[N+]([O-])c1ccc(Nc2cccc(N3CCCC3)c2)c([N+](=O)[O-])c1. The van der Waals surface area contributed by atoms with Gasteiger partial charge in [-0.2, -0.15) is 0 Å². The van der Waals surface area contributed by atoms with Crippen molar-refractivity contribution in [3.63, 3.8) is 0 Å². The number of hydrogen-bond acceptors (Lipinski definition) is 6. The van der Waals surface area contributed by atoms with Gasteiger partial charge in [-0.05, 0) is 37.1 Å². The lowest BCUT2D eigenvalue weighted by Crippen LogP contribution is -2.17. The van der Waals surface area contributed by atoms with E-state index in [1.807, 2.05) is 24.3 Å². The van der Waals surface area contributed by atoms with E-state index in [1.54, 1.807) is 0 Å². The van der Waals surface area contributed by atoms with Gasteiger partial charge >= 0.3 is 0 Å². The number of non-ortho nitro benzene ring substituents is 1. The van der Waals surface area contributed by atoms with Gasteiger partial charge in [-0.3, -0.25) is 20.2 Å². The number of benzene rings is 2. The highest BCUT2D eigenvalue weighted by molar-refractivity contribution is 5.73. The molecule has 1 fully saturated rings. The molecule has 0 bridgehead atoms. The van der Waals surface area contributed by atoms with Crippen molar-refractivity contribution in [2.45, 2.75) is 12.8 Å². The van der Waals surface area contributed by atoms with E-state index < -0.39 is 9.85 Å². The van der Waals surface area contributed by atoms with Crippen molar-refractivity contribution >= 4 is 28.4 Å². The summed E-state index contributed by atoms with van der Waals surface area (Å²) >= 11 is 0. The molecule has 0 aliphatic carbocycles. The maximum Gasteiger partial charge on any atom is 0.299 e. The minimum absolute atomic E-state index is 0.226. The van der Waals surface area contributed by atoms with Crippen molar-refractivity contribution in [1.29, 1.82) is 0 Å². The summed E-state index contributed by atoms with van der Waals surface area (Å²) in [6, 6.07) is 11.2. The zero-order chi connectivity index (χ0) is 17.1. The molecule has 1 aliphatic rings. The van der Waals surface area contributed by atoms with Gasteiger partial charge in [0.1, 0.15) is 5.69 Å². The maximum absolute atomic E-state index is 11.2. The molecule has 24 heavy (non-hydrogen) atoms. The fraction of sp³-hybridized carbons (Fsp3) is 0.250. The van der Waals surface area contributed by atoms with Crippen LogP contribution in [-0.4, -0.2) is 22.9 Å². The topological polar surface area (TPSA) is 102 Å². The molecule has 0 atom stereocenters. The van der Waals surface area contributed by atoms with Crippen LogP contribution in [-0.2, 0) is 0 Å². The molecule has 8 nitrogen and oxygen atoms in total. The average Bonchev–Trinajstić information content (AvgIpc) is 3.09. The van der Waals surface area contributed by atoms with E-state index in [2.05, 4.69) is 10.2 Å². The second kappa shape index (κ2) is 6.53. The third kappa shape index (κ3) is 3.27. The number of nitro groups is 2. The number of hydrogen-bond donors (Lipinski definition) is 1. The summed E-state index contributed by atoms with van der Waals surface area (Å²) in [6.07, 6.45) is 2.32. The number of nitrogens with one attached hydrogen (secondary N) is 1. The van der Waals surface area contributed by atoms with E-state index in [0.717, 1.165) is 37.7 Å². The van der Waals surface area contributed by atoms with Crippen LogP contribution in [0.15, 0.2) is 42.5 Å². The van der Waals surface area contributed by atoms with Gasteiger partial charge in [0.15, 0.2) is 0 Å². The Morgan fingerprint density at radius 1 is 0.958 bits per heavy atom. The predicted molar refractivity (Wildman–Crippen MR) is 90.9 cm³/mol. The van der Waals surface area contributed by atoms with Crippen LogP contribution in [0.1, 0.15) is 12.8 Å². The molecule has 0 amide bonds. The molecule has 8 heteroatoms. The van der Waals surface area contributed by atoms with Crippen LogP contribution in [0.4, 0.5) is 28.4 Å². The van der Waals surface area contributed by atoms with E-state index in [4.69, 9.17) is 0 Å². The summed E-state index contributed by atoms with van der Waals surface area (Å²) in [5.41, 5.74) is 1.36. The first-order valence-corrected chi connectivity index (χ1v) is 7.59. The fourth-order valence-corrected chi connectivity index (χ4v) is 2.80. The minimum atomic E-state index is -0.648. The van der Waals surface area contributed by atoms with Crippen molar-refractivity contribution in [1.82, 2.24) is 0 Å². The first kappa shape index (κ1) is 15.7. The highest BCUT2D eigenvalue weighted by Crippen LogP contribution is 2.32. The third-order valence-electron chi connectivity index (χ3n) is 3.99. The van der Waals surface area contributed by atoms with E-state index in [0.29, 0.717) is 5.69 Å². The third-order valence-corrected chi connectivity index (χ3v) is 3.99. The van der Waals surface area contributed by atoms with Crippen LogP contribution in [0.25, 0.3) is 0 Å². The van der Waals surface area contributed by atoms with Gasteiger partial charge in [0.05, 0.1) is 15.9 Å². The second-order valence-electron chi connectivity index (χ2n) is 5.59. The Balaban J connectivity index is 1.89. The van der Waals surface area contributed by atoms with Crippen molar-refractivity contribution < 1.29 is 9.85 Å². The van der Waals surface area contributed by atoms with Crippen LogP contribution in [0.3, 0.4) is 0 Å². The van der Waals surface area contributed by atoms with Crippen molar-refractivity contribution in [2.24, 2.45) is 0 Å². The Labute approximate surface area is 138 Å². The molecule has 1 saturated heterocycles. The van der Waals surface area contributed by atoms with Crippen LogP contribution in [0, 0.1) is 20.2 Å². The lowest BCUT2D eigenvalue weighted by atomic mass is 10.2. The van der Waals surface area contributed by atoms with Crippen LogP contribution in [0.5, 0.6) is 0 Å². The Hall–Kier alpha value is -3.16. The molecule has 124 valence electrons. The molecule has 0 aromatic heterocycles. The van der Waals surface area contributed by atoms with Gasteiger partial charge in [-0.15, -0.1) is 0 Å². The van der Waals surface area contributed by atoms with E-state index in [9.17, 15) is 20.2 Å². The standard InChI is InChI=1S/C16H16N4O4/c21-19(22)14-6-7-15(16(11-14)20(23)24)17-12-4-3-5-13(10-12)18-8-1-2-9-18/h3-7,10-11,17H,1-2,8-9H2. The molecule has 2 aromatic rings. The molecule has 3 rings (SSSR count). The van der Waals surface area contributed by atoms with E-state index in [1.165, 1.54) is 12.1 Å². The first-order valence-electron chi connectivity index (χ1n) is 7.59. The van der Waals surface area contributed by atoms with Gasteiger partial charge in [0, 0.05) is 30.5 Å². The molecule has 0 radical (unpaired) electrons. The molecular weight excluding hydrogens is 312 g/mol. The van der Waals surface area contributed by atoms with Crippen LogP contribution in [0.2, 0.25) is 0 Å². The number of nitro benzene ring substituents is 2. The maximum atomic E-state index is 11.2. The van der Waals surface area contributed by atoms with Gasteiger partial charge in [-0.25, -0.2) is 0 Å². The summed E-state index contributed by atoms with van der Waals surface area (Å²) in [7, 11) is 0. The number of anilines is 3. The largest absolute Gasteiger partial charge is 0.371 e. The molecule has 1 heterocycles. The predicted octanol–water partition coefficient (Wildman–Crippen LogP) is 3.85. The smallest absolute Gasteiger partial charge is 0.299 e. The molecule has 2 aromatic carbocycles. The van der Waals surface area contributed by atoms with Gasteiger partial charge in [-0.1, -0.05) is 6.07 Å². The van der Waals surface area contributed by atoms with Crippen molar-refractivity contribution in [3.05, 3.63) is 62.7 Å². The quantitative estimate of drug-likeness (QED) is 0.661. The fourth-order valence-electron chi connectivity index (χ4n) is 2.80. The molecule has 0 spiro atoms. The molecule has 0 saturated carbocycles. The summed E-state index contributed by atoms with van der Waals surface area (Å²) in [4.78, 5) is 23.0.